The molecule has 0 aliphatic carbocycles. The molecule has 0 saturated carbocycles. The Labute approximate surface area is 159 Å². The first-order valence-electron chi connectivity index (χ1n) is 8.67. The number of aryl methyl sites for hydroxylation is 2. The summed E-state index contributed by atoms with van der Waals surface area (Å²) in [7, 11) is 1.71. The number of carbonyl (C=O) groups is 1. The summed E-state index contributed by atoms with van der Waals surface area (Å²) >= 11 is 0. The number of amides is 1. The zero-order chi connectivity index (χ0) is 20.1. The number of nitrogens with one attached hydrogen (secondary N) is 1. The molecule has 6 heteroatoms. The monoisotopic (exact) mass is 366 g/mol. The van der Waals surface area contributed by atoms with E-state index in [1.165, 1.54) is 17.7 Å². The van der Waals surface area contributed by atoms with E-state index in [2.05, 4.69) is 5.32 Å². The summed E-state index contributed by atoms with van der Waals surface area (Å²) in [5.74, 6) is -0.146. The molecule has 6 nitrogen and oxygen atoms in total. The van der Waals surface area contributed by atoms with Crippen LogP contribution in [0, 0.1) is 6.92 Å². The molecule has 1 aromatic heterocycles. The fraction of sp³-hybridized carbons (Fsp3) is 0.238. The van der Waals surface area contributed by atoms with Crippen molar-refractivity contribution < 1.29 is 4.79 Å². The molecule has 0 spiro atoms. The van der Waals surface area contributed by atoms with Crippen LogP contribution in [0.4, 0.5) is 5.69 Å². The van der Waals surface area contributed by atoms with Gasteiger partial charge in [-0.1, -0.05) is 12.1 Å². The Kier molecular flexibility index (Phi) is 6.23. The Balaban J connectivity index is 2.66. The molecule has 5 N–H and O–H groups in total. The fourth-order valence-corrected chi connectivity index (χ4v) is 2.99. The molecule has 1 aromatic carbocycles. The topological polar surface area (TPSA) is 103 Å². The largest absolute Gasteiger partial charge is 0.405 e. The minimum Gasteiger partial charge on any atom is -0.405 e. The SMILES string of the molecule is CC(=O)NC(C)/C=C(\C=C/N)c1cc(-c2cc(N)ccc2C)cn(C)c1=O. The smallest absolute Gasteiger partial charge is 0.258 e. The van der Waals surface area contributed by atoms with Gasteiger partial charge in [-0.15, -0.1) is 0 Å². The normalized spacial score (nSPS) is 13.0. The summed E-state index contributed by atoms with van der Waals surface area (Å²) in [6.45, 7) is 5.28. The van der Waals surface area contributed by atoms with Crippen molar-refractivity contribution >= 4 is 17.2 Å². The van der Waals surface area contributed by atoms with Crippen molar-refractivity contribution in [1.29, 1.82) is 0 Å². The fourth-order valence-electron chi connectivity index (χ4n) is 2.99. The van der Waals surface area contributed by atoms with E-state index in [0.717, 1.165) is 16.7 Å². The van der Waals surface area contributed by atoms with Crippen molar-refractivity contribution in [2.75, 3.05) is 5.73 Å². The number of pyridine rings is 1. The molecule has 0 aliphatic rings. The molecule has 27 heavy (non-hydrogen) atoms. The van der Waals surface area contributed by atoms with Crippen LogP contribution in [0.25, 0.3) is 16.7 Å². The first kappa shape index (κ1) is 20.0. The second-order valence-corrected chi connectivity index (χ2v) is 6.60. The van der Waals surface area contributed by atoms with Gasteiger partial charge in [-0.3, -0.25) is 9.59 Å². The van der Waals surface area contributed by atoms with Crippen molar-refractivity contribution in [3.05, 3.63) is 70.3 Å². The van der Waals surface area contributed by atoms with E-state index in [4.69, 9.17) is 11.5 Å². The Morgan fingerprint density at radius 2 is 2.00 bits per heavy atom. The predicted octanol–water partition coefficient (Wildman–Crippen LogP) is 2.32. The lowest BCUT2D eigenvalue weighted by atomic mass is 9.97. The molecule has 1 amide bonds. The molecule has 2 rings (SSSR count). The second kappa shape index (κ2) is 8.40. The minimum absolute atomic E-state index is 0.146. The molecular weight excluding hydrogens is 340 g/mol. The number of nitrogens with zero attached hydrogens (tertiary/aromatic N) is 1. The highest BCUT2D eigenvalue weighted by Gasteiger charge is 2.12. The number of aromatic nitrogens is 1. The standard InChI is InChI=1S/C21H26N4O2/c1-13-5-6-18(23)11-19(13)17-10-20(21(27)25(4)12-17)16(7-8-22)9-14(2)24-15(3)26/h5-12,14H,22-23H2,1-4H3,(H,24,26)/b8-7-,16-9+. The van der Waals surface area contributed by atoms with Crippen LogP contribution in [0.15, 0.2) is 53.6 Å². The first-order chi connectivity index (χ1) is 12.7. The maximum Gasteiger partial charge on any atom is 0.258 e. The molecule has 142 valence electrons. The van der Waals surface area contributed by atoms with E-state index < -0.39 is 0 Å². The van der Waals surface area contributed by atoms with Gasteiger partial charge in [0.05, 0.1) is 0 Å². The number of benzene rings is 1. The van der Waals surface area contributed by atoms with Gasteiger partial charge in [0.25, 0.3) is 5.56 Å². The molecule has 1 unspecified atom stereocenters. The lowest BCUT2D eigenvalue weighted by Crippen LogP contribution is -2.29. The van der Waals surface area contributed by atoms with Gasteiger partial charge < -0.3 is 21.4 Å². The third kappa shape index (κ3) is 4.88. The Bertz CT molecular complexity index is 971. The van der Waals surface area contributed by atoms with Crippen LogP contribution in [0.3, 0.4) is 0 Å². The molecule has 1 heterocycles. The van der Waals surface area contributed by atoms with Gasteiger partial charge >= 0.3 is 0 Å². The molecule has 0 aliphatic heterocycles. The van der Waals surface area contributed by atoms with Gasteiger partial charge in [0.1, 0.15) is 0 Å². The number of allylic oxidation sites excluding steroid dienone is 2. The van der Waals surface area contributed by atoms with Crippen molar-refractivity contribution in [1.82, 2.24) is 9.88 Å². The number of nitrogen functional groups attached to an aromatic ring is 1. The number of nitrogens with two attached hydrogens (primary N) is 2. The molecule has 0 fully saturated rings. The highest BCUT2D eigenvalue weighted by Crippen LogP contribution is 2.27. The van der Waals surface area contributed by atoms with Gasteiger partial charge in [0.15, 0.2) is 0 Å². The summed E-state index contributed by atoms with van der Waals surface area (Å²) < 4.78 is 1.54. The summed E-state index contributed by atoms with van der Waals surface area (Å²) in [4.78, 5) is 24.1. The maximum atomic E-state index is 12.8. The van der Waals surface area contributed by atoms with E-state index in [-0.39, 0.29) is 17.5 Å². The third-order valence-electron chi connectivity index (χ3n) is 4.20. The lowest BCUT2D eigenvalue weighted by molar-refractivity contribution is -0.119. The number of anilines is 1. The van der Waals surface area contributed by atoms with Gasteiger partial charge in [0, 0.05) is 37.5 Å². The molecule has 0 bridgehead atoms. The average Bonchev–Trinajstić information content (AvgIpc) is 2.58. The Hall–Kier alpha value is -3.28. The van der Waals surface area contributed by atoms with Gasteiger partial charge in [-0.25, -0.2) is 0 Å². The van der Waals surface area contributed by atoms with E-state index in [1.54, 1.807) is 25.4 Å². The summed E-state index contributed by atoms with van der Waals surface area (Å²) in [6.07, 6.45) is 6.63. The third-order valence-corrected chi connectivity index (χ3v) is 4.20. The Morgan fingerprint density at radius 3 is 2.63 bits per heavy atom. The van der Waals surface area contributed by atoms with Crippen molar-refractivity contribution in [2.45, 2.75) is 26.8 Å². The van der Waals surface area contributed by atoms with Gasteiger partial charge in [-0.05, 0) is 66.6 Å². The second-order valence-electron chi connectivity index (χ2n) is 6.60. The number of carbonyl (C=O) groups excluding carboxylic acids is 1. The summed E-state index contributed by atoms with van der Waals surface area (Å²) in [6, 6.07) is 7.26. The Morgan fingerprint density at radius 1 is 1.30 bits per heavy atom. The van der Waals surface area contributed by atoms with Gasteiger partial charge in [0.2, 0.25) is 5.91 Å². The summed E-state index contributed by atoms with van der Waals surface area (Å²) in [5, 5.41) is 2.78. The minimum atomic E-state index is -0.254. The van der Waals surface area contributed by atoms with Crippen LogP contribution in [0.2, 0.25) is 0 Å². The summed E-state index contributed by atoms with van der Waals surface area (Å²) in [5.41, 5.74) is 16.1. The van der Waals surface area contributed by atoms with Crippen molar-refractivity contribution in [3.63, 3.8) is 0 Å². The van der Waals surface area contributed by atoms with Crippen LogP contribution < -0.4 is 22.3 Å². The highest BCUT2D eigenvalue weighted by molar-refractivity contribution is 5.80. The first-order valence-corrected chi connectivity index (χ1v) is 8.67. The average molecular weight is 366 g/mol. The zero-order valence-corrected chi connectivity index (χ0v) is 16.1. The number of hydrogen-bond donors (Lipinski definition) is 3. The van der Waals surface area contributed by atoms with E-state index >= 15 is 0 Å². The number of rotatable bonds is 5. The van der Waals surface area contributed by atoms with Crippen LogP contribution in [0.1, 0.15) is 25.0 Å². The van der Waals surface area contributed by atoms with Crippen LogP contribution >= 0.6 is 0 Å². The van der Waals surface area contributed by atoms with Gasteiger partial charge in [-0.2, -0.15) is 0 Å². The quantitative estimate of drug-likeness (QED) is 0.558. The molecule has 0 radical (unpaired) electrons. The van der Waals surface area contributed by atoms with E-state index in [0.29, 0.717) is 16.8 Å². The van der Waals surface area contributed by atoms with E-state index in [9.17, 15) is 9.59 Å². The predicted molar refractivity (Wildman–Crippen MR) is 111 cm³/mol. The lowest BCUT2D eigenvalue weighted by Gasteiger charge is -2.14. The maximum absolute atomic E-state index is 12.8. The van der Waals surface area contributed by atoms with Crippen molar-refractivity contribution in [2.24, 2.45) is 12.8 Å². The molecule has 0 saturated heterocycles. The number of hydrogen-bond acceptors (Lipinski definition) is 4. The van der Waals surface area contributed by atoms with Crippen molar-refractivity contribution in [3.8, 4) is 11.1 Å². The highest BCUT2D eigenvalue weighted by atomic mass is 16.1. The van der Waals surface area contributed by atoms with E-state index in [1.807, 2.05) is 38.1 Å². The van der Waals surface area contributed by atoms with Crippen LogP contribution in [0.5, 0.6) is 0 Å². The zero-order valence-electron chi connectivity index (χ0n) is 16.1. The molecular formula is C21H26N4O2. The van der Waals surface area contributed by atoms with Crippen LogP contribution in [-0.2, 0) is 11.8 Å². The molecule has 2 aromatic rings. The van der Waals surface area contributed by atoms with Crippen LogP contribution in [-0.4, -0.2) is 16.5 Å². The molecule has 1 atom stereocenters.